The second kappa shape index (κ2) is 10.2. The van der Waals surface area contributed by atoms with Crippen LogP contribution >= 0.6 is 11.3 Å². The van der Waals surface area contributed by atoms with Crippen molar-refractivity contribution >= 4 is 39.2 Å². The monoisotopic (exact) mass is 447 g/mol. The normalized spacial score (nSPS) is 21.3. The summed E-state index contributed by atoms with van der Waals surface area (Å²) in [6.07, 6.45) is -0.526. The number of amidine groups is 1. The van der Waals surface area contributed by atoms with Crippen LogP contribution in [0, 0.1) is 0 Å². The highest BCUT2D eigenvalue weighted by molar-refractivity contribution is 7.18. The van der Waals surface area contributed by atoms with E-state index in [4.69, 9.17) is 5.73 Å². The molecule has 0 saturated carbocycles. The van der Waals surface area contributed by atoms with Crippen LogP contribution in [0.4, 0.5) is 0 Å². The summed E-state index contributed by atoms with van der Waals surface area (Å²) >= 11 is 1.38. The number of nitrogens with one attached hydrogen (secondary N) is 1. The van der Waals surface area contributed by atoms with Gasteiger partial charge in [0.05, 0.1) is 28.2 Å². The molecule has 1 saturated heterocycles. The summed E-state index contributed by atoms with van der Waals surface area (Å²) in [5, 5.41) is 24.4. The van der Waals surface area contributed by atoms with Crippen LogP contribution < -0.4 is 11.1 Å². The first-order valence-electron chi connectivity index (χ1n) is 10.3. The number of para-hydroxylation sites is 1. The summed E-state index contributed by atoms with van der Waals surface area (Å²) < 4.78 is 0.951. The lowest BCUT2D eigenvalue weighted by Gasteiger charge is -2.27. The number of aliphatic hydroxyl groups is 2. The molecule has 4 atom stereocenters. The largest absolute Gasteiger partial charge is 0.391 e. The van der Waals surface area contributed by atoms with Gasteiger partial charge < -0.3 is 26.2 Å². The number of hydrogen-bond acceptors (Lipinski definition) is 7. The number of nitrogens with two attached hydrogens (primary N) is 1. The van der Waals surface area contributed by atoms with E-state index in [-0.39, 0.29) is 18.9 Å². The number of hydrogen-bond donors (Lipinski definition) is 4. The molecule has 1 aliphatic rings. The van der Waals surface area contributed by atoms with Crippen molar-refractivity contribution in [2.24, 2.45) is 10.7 Å². The summed E-state index contributed by atoms with van der Waals surface area (Å²) in [5.41, 5.74) is 6.37. The van der Waals surface area contributed by atoms with Crippen LogP contribution in [0.25, 0.3) is 10.2 Å². The highest BCUT2D eigenvalue weighted by Crippen LogP contribution is 2.29. The second-order valence-electron chi connectivity index (χ2n) is 7.82. The minimum absolute atomic E-state index is 0.128. The van der Waals surface area contributed by atoms with Gasteiger partial charge in [0.25, 0.3) is 0 Å². The Labute approximate surface area is 185 Å². The molecular weight excluding hydrogens is 418 g/mol. The predicted octanol–water partition coefficient (Wildman–Crippen LogP) is 0.954. The molecular formula is C21H29N5O4S. The van der Waals surface area contributed by atoms with Gasteiger partial charge in [0.2, 0.25) is 11.8 Å². The molecule has 10 heteroatoms. The van der Waals surface area contributed by atoms with Crippen LogP contribution in [-0.4, -0.2) is 69.0 Å². The lowest BCUT2D eigenvalue weighted by Crippen LogP contribution is -2.49. The number of benzene rings is 1. The molecule has 1 aliphatic heterocycles. The van der Waals surface area contributed by atoms with E-state index < -0.39 is 30.2 Å². The van der Waals surface area contributed by atoms with E-state index in [1.54, 1.807) is 6.92 Å². The highest BCUT2D eigenvalue weighted by Gasteiger charge is 2.39. The molecule has 0 spiro atoms. The van der Waals surface area contributed by atoms with E-state index in [9.17, 15) is 19.8 Å². The number of β-amino-alcohol motifs (C(OH)–C–C–N with tert-alkyl or cyclic N) is 1. The van der Waals surface area contributed by atoms with Gasteiger partial charge in [-0.05, 0) is 31.9 Å². The van der Waals surface area contributed by atoms with Crippen molar-refractivity contribution in [1.82, 2.24) is 15.2 Å². The van der Waals surface area contributed by atoms with E-state index in [0.717, 1.165) is 10.2 Å². The molecule has 1 aromatic heterocycles. The minimum Gasteiger partial charge on any atom is -0.391 e. The third-order valence-corrected chi connectivity index (χ3v) is 6.40. The zero-order chi connectivity index (χ0) is 22.5. The summed E-state index contributed by atoms with van der Waals surface area (Å²) in [7, 11) is 0. The van der Waals surface area contributed by atoms with Crippen molar-refractivity contribution in [3.63, 3.8) is 0 Å². The molecule has 0 bridgehead atoms. The number of amides is 2. The maximum Gasteiger partial charge on any atom is 0.243 e. The van der Waals surface area contributed by atoms with E-state index in [1.165, 1.54) is 23.2 Å². The Morgan fingerprint density at radius 1 is 1.39 bits per heavy atom. The zero-order valence-electron chi connectivity index (χ0n) is 17.7. The summed E-state index contributed by atoms with van der Waals surface area (Å²) in [6.45, 7) is 3.68. The van der Waals surface area contributed by atoms with Gasteiger partial charge in [-0.15, -0.1) is 11.3 Å². The number of aliphatic imine (C=N–C) groups is 1. The fraction of sp³-hybridized carbons (Fsp3) is 0.524. The van der Waals surface area contributed by atoms with Crippen LogP contribution in [0.2, 0.25) is 0 Å². The molecule has 2 heterocycles. The lowest BCUT2D eigenvalue weighted by molar-refractivity contribution is -0.137. The number of nitrogens with zero attached hydrogens (tertiary/aromatic N) is 3. The molecule has 5 N–H and O–H groups in total. The molecule has 4 unspecified atom stereocenters. The number of carbonyl (C=O) groups excluding carboxylic acids is 2. The van der Waals surface area contributed by atoms with Crippen LogP contribution in [0.5, 0.6) is 0 Å². The van der Waals surface area contributed by atoms with Gasteiger partial charge in [-0.2, -0.15) is 0 Å². The molecule has 2 amide bonds. The van der Waals surface area contributed by atoms with Gasteiger partial charge in [0.15, 0.2) is 0 Å². The minimum atomic E-state index is -1.01. The van der Waals surface area contributed by atoms with Gasteiger partial charge in [-0.1, -0.05) is 12.1 Å². The quantitative estimate of drug-likeness (QED) is 0.270. The third kappa shape index (κ3) is 5.78. The van der Waals surface area contributed by atoms with Crippen LogP contribution in [0.3, 0.4) is 0 Å². The van der Waals surface area contributed by atoms with Crippen molar-refractivity contribution < 1.29 is 19.8 Å². The molecule has 2 aromatic rings. The SMILES string of the molecule is CC(=O)N1CC(O)CC1C(=O)NC(CCCN=C(C)N)C(O)c1nc2ccccc2s1. The Hall–Kier alpha value is -2.56. The number of carbonyl (C=O) groups is 2. The average molecular weight is 448 g/mol. The standard InChI is InChI=1S/C21H29N5O4S/c1-12(22)23-9-5-7-16(19(29)21-25-15-6-3-4-8-18(15)31-21)24-20(30)17-10-14(28)11-26(17)13(2)27/h3-4,6,8,14,16-17,19,28-29H,5,7,9-11H2,1-2H3,(H2,22,23)(H,24,30). The first kappa shape index (κ1) is 23.1. The van der Waals surface area contributed by atoms with Crippen LogP contribution in [0.1, 0.15) is 44.2 Å². The highest BCUT2D eigenvalue weighted by atomic mass is 32.1. The van der Waals surface area contributed by atoms with E-state index in [1.807, 2.05) is 24.3 Å². The van der Waals surface area contributed by atoms with E-state index in [2.05, 4.69) is 15.3 Å². The first-order chi connectivity index (χ1) is 14.8. The first-order valence-corrected chi connectivity index (χ1v) is 11.1. The summed E-state index contributed by atoms with van der Waals surface area (Å²) in [6, 6.07) is 6.21. The summed E-state index contributed by atoms with van der Waals surface area (Å²) in [5.74, 6) is -0.188. The Balaban J connectivity index is 1.77. The topological polar surface area (TPSA) is 141 Å². The van der Waals surface area contributed by atoms with E-state index in [0.29, 0.717) is 30.2 Å². The van der Waals surface area contributed by atoms with Crippen molar-refractivity contribution in [3.05, 3.63) is 29.3 Å². The van der Waals surface area contributed by atoms with Gasteiger partial charge in [-0.3, -0.25) is 14.6 Å². The number of aromatic nitrogens is 1. The molecule has 31 heavy (non-hydrogen) atoms. The molecule has 168 valence electrons. The number of likely N-dealkylation sites (tertiary alicyclic amines) is 1. The van der Waals surface area contributed by atoms with Gasteiger partial charge >= 0.3 is 0 Å². The number of rotatable bonds is 8. The van der Waals surface area contributed by atoms with E-state index >= 15 is 0 Å². The van der Waals surface area contributed by atoms with Gasteiger partial charge in [0.1, 0.15) is 17.2 Å². The molecule has 0 radical (unpaired) electrons. The number of thiazole rings is 1. The Bertz CT molecular complexity index is 925. The second-order valence-corrected chi connectivity index (χ2v) is 8.88. The average Bonchev–Trinajstić information content (AvgIpc) is 3.33. The third-order valence-electron chi connectivity index (χ3n) is 5.29. The van der Waals surface area contributed by atoms with Gasteiger partial charge in [0, 0.05) is 26.4 Å². The fourth-order valence-corrected chi connectivity index (χ4v) is 4.77. The van der Waals surface area contributed by atoms with Crippen LogP contribution in [-0.2, 0) is 9.59 Å². The Morgan fingerprint density at radius 3 is 2.81 bits per heavy atom. The Morgan fingerprint density at radius 2 is 2.13 bits per heavy atom. The Kier molecular flexibility index (Phi) is 7.58. The smallest absolute Gasteiger partial charge is 0.243 e. The summed E-state index contributed by atoms with van der Waals surface area (Å²) in [4.78, 5) is 34.9. The molecule has 1 fully saturated rings. The molecule has 9 nitrogen and oxygen atoms in total. The molecule has 1 aromatic carbocycles. The molecule has 3 rings (SSSR count). The maximum atomic E-state index is 13.0. The van der Waals surface area contributed by atoms with Gasteiger partial charge in [-0.25, -0.2) is 4.98 Å². The van der Waals surface area contributed by atoms with Crippen molar-refractivity contribution in [3.8, 4) is 0 Å². The number of fused-ring (bicyclic) bond motifs is 1. The molecule has 0 aliphatic carbocycles. The maximum absolute atomic E-state index is 13.0. The van der Waals surface area contributed by atoms with Crippen LogP contribution in [0.15, 0.2) is 29.3 Å². The van der Waals surface area contributed by atoms with Crippen molar-refractivity contribution in [2.75, 3.05) is 13.1 Å². The predicted molar refractivity (Wildman–Crippen MR) is 120 cm³/mol. The number of aliphatic hydroxyl groups excluding tert-OH is 2. The van der Waals surface area contributed by atoms with Crippen molar-refractivity contribution in [2.45, 2.75) is 57.4 Å². The van der Waals surface area contributed by atoms with Crippen molar-refractivity contribution in [1.29, 1.82) is 0 Å². The zero-order valence-corrected chi connectivity index (χ0v) is 18.5. The lowest BCUT2D eigenvalue weighted by atomic mass is 10.0. The fourth-order valence-electron chi connectivity index (χ4n) is 3.75.